The third kappa shape index (κ3) is 2.97. The zero-order chi connectivity index (χ0) is 13.3. The molecule has 0 spiro atoms. The highest BCUT2D eigenvalue weighted by Crippen LogP contribution is 2.27. The lowest BCUT2D eigenvalue weighted by atomic mass is 9.96. The van der Waals surface area contributed by atoms with E-state index in [2.05, 4.69) is 9.97 Å². The average Bonchev–Trinajstić information content (AvgIpc) is 2.11. The number of carbonyl (C=O) groups is 1. The summed E-state index contributed by atoms with van der Waals surface area (Å²) in [4.78, 5) is 21.8. The van der Waals surface area contributed by atoms with Crippen LogP contribution in [0.25, 0.3) is 0 Å². The summed E-state index contributed by atoms with van der Waals surface area (Å²) in [6, 6.07) is 1.97. The molecule has 1 aliphatic heterocycles. The van der Waals surface area contributed by atoms with Crippen LogP contribution in [0.5, 0.6) is 0 Å². The lowest BCUT2D eigenvalue weighted by Gasteiger charge is -2.39. The standard InChI is InChI=1S/C13H19N3O2/c1-9-5-11(15-8-14-9)10-6-16(7-10)12(17)18-13(2,3)4/h5,8,10H,6-7H2,1-4H3. The van der Waals surface area contributed by atoms with E-state index in [0.29, 0.717) is 19.0 Å². The largest absolute Gasteiger partial charge is 0.444 e. The molecular formula is C13H19N3O2. The highest BCUT2D eigenvalue weighted by atomic mass is 16.6. The number of amides is 1. The van der Waals surface area contributed by atoms with Crippen molar-refractivity contribution < 1.29 is 9.53 Å². The molecule has 1 saturated heterocycles. The Morgan fingerprint density at radius 3 is 2.61 bits per heavy atom. The first-order chi connectivity index (χ1) is 8.35. The number of carbonyl (C=O) groups excluding carboxylic acids is 1. The first-order valence-electron chi connectivity index (χ1n) is 6.11. The van der Waals surface area contributed by atoms with Crippen molar-refractivity contribution in [2.24, 2.45) is 0 Å². The van der Waals surface area contributed by atoms with Gasteiger partial charge in [0.1, 0.15) is 11.9 Å². The molecule has 5 nitrogen and oxygen atoms in total. The smallest absolute Gasteiger partial charge is 0.410 e. The molecule has 1 amide bonds. The highest BCUT2D eigenvalue weighted by molar-refractivity contribution is 5.69. The van der Waals surface area contributed by atoms with Gasteiger partial charge in [0.15, 0.2) is 0 Å². The minimum absolute atomic E-state index is 0.246. The maximum absolute atomic E-state index is 11.8. The van der Waals surface area contributed by atoms with Gasteiger partial charge in [-0.2, -0.15) is 0 Å². The Balaban J connectivity index is 1.89. The molecule has 1 aromatic heterocycles. The average molecular weight is 249 g/mol. The molecule has 0 radical (unpaired) electrons. The number of ether oxygens (including phenoxy) is 1. The fraction of sp³-hybridized carbons (Fsp3) is 0.615. The summed E-state index contributed by atoms with van der Waals surface area (Å²) >= 11 is 0. The van der Waals surface area contributed by atoms with E-state index in [9.17, 15) is 4.79 Å². The van der Waals surface area contributed by atoms with Crippen molar-refractivity contribution in [3.05, 3.63) is 23.8 Å². The van der Waals surface area contributed by atoms with Crippen LogP contribution in [0.2, 0.25) is 0 Å². The zero-order valence-electron chi connectivity index (χ0n) is 11.3. The second-order valence-electron chi connectivity index (χ2n) is 5.67. The van der Waals surface area contributed by atoms with Gasteiger partial charge in [-0.05, 0) is 33.8 Å². The second-order valence-corrected chi connectivity index (χ2v) is 5.67. The van der Waals surface area contributed by atoms with Gasteiger partial charge >= 0.3 is 6.09 Å². The van der Waals surface area contributed by atoms with Gasteiger partial charge in [-0.25, -0.2) is 14.8 Å². The molecule has 1 fully saturated rings. The van der Waals surface area contributed by atoms with Gasteiger partial charge < -0.3 is 9.64 Å². The van der Waals surface area contributed by atoms with E-state index in [1.54, 1.807) is 11.2 Å². The van der Waals surface area contributed by atoms with Gasteiger partial charge in [0.05, 0.1) is 5.69 Å². The van der Waals surface area contributed by atoms with Gasteiger partial charge in [-0.3, -0.25) is 0 Å². The summed E-state index contributed by atoms with van der Waals surface area (Å²) in [7, 11) is 0. The van der Waals surface area contributed by atoms with Crippen molar-refractivity contribution in [3.8, 4) is 0 Å². The number of likely N-dealkylation sites (tertiary alicyclic amines) is 1. The third-order valence-corrected chi connectivity index (χ3v) is 2.78. The van der Waals surface area contributed by atoms with E-state index in [4.69, 9.17) is 4.74 Å². The van der Waals surface area contributed by atoms with E-state index in [1.165, 1.54) is 0 Å². The summed E-state index contributed by atoms with van der Waals surface area (Å²) in [5.41, 5.74) is 1.52. The molecule has 0 aliphatic carbocycles. The van der Waals surface area contributed by atoms with Crippen molar-refractivity contribution in [1.29, 1.82) is 0 Å². The predicted molar refractivity (Wildman–Crippen MR) is 67.3 cm³/mol. The van der Waals surface area contributed by atoms with Gasteiger partial charge in [0, 0.05) is 24.7 Å². The SMILES string of the molecule is Cc1cc(C2CN(C(=O)OC(C)(C)C)C2)ncn1. The molecule has 0 aromatic carbocycles. The van der Waals surface area contributed by atoms with Crippen LogP contribution >= 0.6 is 0 Å². The lowest BCUT2D eigenvalue weighted by Crippen LogP contribution is -2.50. The van der Waals surface area contributed by atoms with Crippen molar-refractivity contribution in [3.63, 3.8) is 0 Å². The predicted octanol–water partition coefficient (Wildman–Crippen LogP) is 2.12. The molecule has 1 aromatic rings. The maximum Gasteiger partial charge on any atom is 0.410 e. The van der Waals surface area contributed by atoms with E-state index < -0.39 is 5.60 Å². The van der Waals surface area contributed by atoms with Crippen LogP contribution in [0.4, 0.5) is 4.79 Å². The Bertz CT molecular complexity index is 448. The van der Waals surface area contributed by atoms with Crippen LogP contribution in [-0.4, -0.2) is 39.7 Å². The van der Waals surface area contributed by atoms with Crippen LogP contribution in [0.3, 0.4) is 0 Å². The summed E-state index contributed by atoms with van der Waals surface area (Å²) in [6.45, 7) is 8.90. The normalized spacial score (nSPS) is 16.3. The van der Waals surface area contributed by atoms with Gasteiger partial charge in [-0.15, -0.1) is 0 Å². The summed E-state index contributed by atoms with van der Waals surface area (Å²) in [5, 5.41) is 0. The van der Waals surface area contributed by atoms with Crippen molar-refractivity contribution in [2.75, 3.05) is 13.1 Å². The molecule has 18 heavy (non-hydrogen) atoms. The molecule has 2 heterocycles. The number of nitrogens with zero attached hydrogens (tertiary/aromatic N) is 3. The molecule has 0 atom stereocenters. The Morgan fingerprint density at radius 2 is 2.06 bits per heavy atom. The van der Waals surface area contributed by atoms with Crippen LogP contribution in [0, 0.1) is 6.92 Å². The number of rotatable bonds is 1. The second kappa shape index (κ2) is 4.55. The van der Waals surface area contributed by atoms with E-state index in [-0.39, 0.29) is 6.09 Å². The molecule has 5 heteroatoms. The van der Waals surface area contributed by atoms with Gasteiger partial charge in [0.2, 0.25) is 0 Å². The van der Waals surface area contributed by atoms with Crippen LogP contribution < -0.4 is 0 Å². The van der Waals surface area contributed by atoms with E-state index >= 15 is 0 Å². The van der Waals surface area contributed by atoms with Crippen molar-refractivity contribution >= 4 is 6.09 Å². The molecule has 0 bridgehead atoms. The number of hydrogen-bond acceptors (Lipinski definition) is 4. The molecule has 1 aliphatic rings. The fourth-order valence-electron chi connectivity index (χ4n) is 1.84. The Labute approximate surface area is 107 Å². The highest BCUT2D eigenvalue weighted by Gasteiger charge is 2.35. The van der Waals surface area contributed by atoms with Gasteiger partial charge in [-0.1, -0.05) is 0 Å². The quantitative estimate of drug-likeness (QED) is 0.765. The first-order valence-corrected chi connectivity index (χ1v) is 6.11. The Kier molecular flexibility index (Phi) is 3.24. The zero-order valence-corrected chi connectivity index (χ0v) is 11.3. The number of aryl methyl sites for hydroxylation is 1. The molecule has 2 rings (SSSR count). The molecular weight excluding hydrogens is 230 g/mol. The molecule has 98 valence electrons. The molecule has 0 N–H and O–H groups in total. The summed E-state index contributed by atoms with van der Waals surface area (Å²) < 4.78 is 5.30. The van der Waals surface area contributed by atoms with E-state index in [0.717, 1.165) is 11.4 Å². The number of aromatic nitrogens is 2. The fourth-order valence-corrected chi connectivity index (χ4v) is 1.84. The minimum atomic E-state index is -0.437. The van der Waals surface area contributed by atoms with E-state index in [1.807, 2.05) is 33.8 Å². The topological polar surface area (TPSA) is 55.3 Å². The van der Waals surface area contributed by atoms with Crippen LogP contribution in [-0.2, 0) is 4.74 Å². The van der Waals surface area contributed by atoms with Crippen LogP contribution in [0.15, 0.2) is 12.4 Å². The first kappa shape index (κ1) is 12.8. The van der Waals surface area contributed by atoms with Gasteiger partial charge in [0.25, 0.3) is 0 Å². The van der Waals surface area contributed by atoms with Crippen molar-refractivity contribution in [1.82, 2.24) is 14.9 Å². The molecule has 0 saturated carbocycles. The Hall–Kier alpha value is -1.65. The molecule has 0 unspecified atom stereocenters. The summed E-state index contributed by atoms with van der Waals surface area (Å²) in [6.07, 6.45) is 1.32. The lowest BCUT2D eigenvalue weighted by molar-refractivity contribution is 0.00787. The number of hydrogen-bond donors (Lipinski definition) is 0. The maximum atomic E-state index is 11.8. The third-order valence-electron chi connectivity index (χ3n) is 2.78. The summed E-state index contributed by atoms with van der Waals surface area (Å²) in [5.74, 6) is 0.305. The monoisotopic (exact) mass is 249 g/mol. The Morgan fingerprint density at radius 1 is 1.39 bits per heavy atom. The van der Waals surface area contributed by atoms with Crippen LogP contribution in [0.1, 0.15) is 38.1 Å². The minimum Gasteiger partial charge on any atom is -0.444 e. The van der Waals surface area contributed by atoms with Crippen molar-refractivity contribution in [2.45, 2.75) is 39.2 Å².